The van der Waals surface area contributed by atoms with E-state index >= 15 is 0 Å². The molecule has 0 aromatic heterocycles. The van der Waals surface area contributed by atoms with E-state index in [4.69, 9.17) is 35.0 Å². The Morgan fingerprint density at radius 1 is 0.500 bits per heavy atom. The number of hydrogen-bond donors (Lipinski definition) is 0. The van der Waals surface area contributed by atoms with E-state index in [0.717, 1.165) is 18.8 Å². The lowest BCUT2D eigenvalue weighted by Gasteiger charge is -2.20. The second-order valence-electron chi connectivity index (χ2n) is 13.9. The first-order valence-electron chi connectivity index (χ1n) is 18.9. The van der Waals surface area contributed by atoms with Crippen molar-refractivity contribution in [2.75, 3.05) is 79.3 Å². The Hall–Kier alpha value is -2.07. The Bertz CT molecular complexity index is 932. The summed E-state index contributed by atoms with van der Waals surface area (Å²) in [5.74, 6) is 1.25. The van der Waals surface area contributed by atoms with Gasteiger partial charge < -0.3 is 33.3 Å². The number of ether oxygens (including phenoxy) is 6. The zero-order chi connectivity index (χ0) is 37.3. The van der Waals surface area contributed by atoms with E-state index in [1.54, 1.807) is 0 Å². The molecule has 0 aromatic rings. The van der Waals surface area contributed by atoms with Gasteiger partial charge in [-0.2, -0.15) is 0 Å². The third-order valence-electron chi connectivity index (χ3n) is 8.53. The number of ketones is 4. The SMILES string of the molecule is [C-]#[N+]C(C)(CCC(=O)CCCOCCOCC(=O)CCCOCCOCC(=O)CCCOCCOCC(=O)CCCCCCC(C)C)C(C)C. The Morgan fingerprint density at radius 3 is 1.28 bits per heavy atom. The number of Topliss-reactive ketones (excluding diaryl/α,β-unsaturated/α-hetero) is 4. The van der Waals surface area contributed by atoms with Gasteiger partial charge in [0, 0.05) is 71.2 Å². The summed E-state index contributed by atoms with van der Waals surface area (Å²) >= 11 is 0. The lowest BCUT2D eigenvalue weighted by atomic mass is 9.84. The summed E-state index contributed by atoms with van der Waals surface area (Å²) in [7, 11) is 0. The summed E-state index contributed by atoms with van der Waals surface area (Å²) in [6.45, 7) is 21.4. The predicted molar refractivity (Wildman–Crippen MR) is 194 cm³/mol. The summed E-state index contributed by atoms with van der Waals surface area (Å²) in [5, 5.41) is 0. The minimum absolute atomic E-state index is 0.00387. The lowest BCUT2D eigenvalue weighted by molar-refractivity contribution is -0.125. The predicted octanol–water partition coefficient (Wildman–Crippen LogP) is 6.81. The highest BCUT2D eigenvalue weighted by Gasteiger charge is 2.34. The third-order valence-corrected chi connectivity index (χ3v) is 8.53. The minimum Gasteiger partial charge on any atom is -0.379 e. The van der Waals surface area contributed by atoms with Crippen LogP contribution in [0, 0.1) is 18.4 Å². The summed E-state index contributed by atoms with van der Waals surface area (Å²) < 4.78 is 32.6. The zero-order valence-corrected chi connectivity index (χ0v) is 32.1. The van der Waals surface area contributed by atoms with Crippen molar-refractivity contribution in [3.8, 4) is 0 Å². The molecule has 0 amide bonds. The molecule has 0 aliphatic rings. The highest BCUT2D eigenvalue weighted by atomic mass is 16.5. The van der Waals surface area contributed by atoms with Crippen molar-refractivity contribution in [2.45, 2.75) is 130 Å². The maximum atomic E-state index is 12.1. The van der Waals surface area contributed by atoms with Gasteiger partial charge in [-0.05, 0) is 31.6 Å². The van der Waals surface area contributed by atoms with E-state index in [0.29, 0.717) is 117 Å². The van der Waals surface area contributed by atoms with Crippen LogP contribution in [-0.2, 0) is 47.6 Å². The number of hydrogen-bond acceptors (Lipinski definition) is 10. The molecule has 50 heavy (non-hydrogen) atoms. The highest BCUT2D eigenvalue weighted by molar-refractivity contribution is 5.80. The van der Waals surface area contributed by atoms with Crippen molar-refractivity contribution in [3.05, 3.63) is 11.4 Å². The van der Waals surface area contributed by atoms with Gasteiger partial charge in [-0.3, -0.25) is 19.2 Å². The first kappa shape index (κ1) is 47.9. The molecule has 0 spiro atoms. The molecule has 0 saturated carbocycles. The van der Waals surface area contributed by atoms with Gasteiger partial charge in [0.2, 0.25) is 5.54 Å². The van der Waals surface area contributed by atoms with Gasteiger partial charge in [0.05, 0.1) is 39.6 Å². The van der Waals surface area contributed by atoms with E-state index in [1.165, 1.54) is 19.3 Å². The van der Waals surface area contributed by atoms with Crippen LogP contribution in [0.1, 0.15) is 125 Å². The van der Waals surface area contributed by atoms with Crippen LogP contribution in [0.4, 0.5) is 0 Å². The average molecular weight is 712 g/mol. The van der Waals surface area contributed by atoms with Gasteiger partial charge in [-0.15, -0.1) is 0 Å². The quantitative estimate of drug-likeness (QED) is 0.0498. The average Bonchev–Trinajstić information content (AvgIpc) is 3.08. The molecule has 0 fully saturated rings. The Morgan fingerprint density at radius 2 is 0.880 bits per heavy atom. The Labute approximate surface area is 303 Å². The molecule has 1 atom stereocenters. The van der Waals surface area contributed by atoms with Gasteiger partial charge in [-0.25, -0.2) is 6.57 Å². The van der Waals surface area contributed by atoms with Gasteiger partial charge in [0.25, 0.3) is 0 Å². The number of rotatable bonds is 38. The molecule has 0 bridgehead atoms. The van der Waals surface area contributed by atoms with Crippen LogP contribution < -0.4 is 0 Å². The van der Waals surface area contributed by atoms with Crippen molar-refractivity contribution in [3.63, 3.8) is 0 Å². The topological polar surface area (TPSA) is 128 Å². The monoisotopic (exact) mass is 711 g/mol. The number of nitrogens with zero attached hydrogens (tertiary/aromatic N) is 1. The summed E-state index contributed by atoms with van der Waals surface area (Å²) in [5.41, 5.74) is -0.488. The maximum absolute atomic E-state index is 12.1. The fourth-order valence-corrected chi connectivity index (χ4v) is 4.77. The molecule has 1 unspecified atom stereocenters. The summed E-state index contributed by atoms with van der Waals surface area (Å²) in [6.07, 6.45) is 10.3. The molecule has 0 aliphatic heterocycles. The molecular weight excluding hydrogens is 642 g/mol. The number of carbonyl (C=O) groups excluding carboxylic acids is 4. The Balaban J connectivity index is 3.45. The fourth-order valence-electron chi connectivity index (χ4n) is 4.77. The van der Waals surface area contributed by atoms with Gasteiger partial charge in [0.15, 0.2) is 17.3 Å². The number of carbonyl (C=O) groups is 4. The molecule has 0 saturated heterocycles. The smallest absolute Gasteiger partial charge is 0.232 e. The first-order chi connectivity index (χ1) is 24.0. The normalized spacial score (nSPS) is 12.7. The van der Waals surface area contributed by atoms with Crippen molar-refractivity contribution in [1.82, 2.24) is 0 Å². The second kappa shape index (κ2) is 32.8. The third kappa shape index (κ3) is 30.7. The van der Waals surface area contributed by atoms with Gasteiger partial charge in [-0.1, -0.05) is 53.4 Å². The van der Waals surface area contributed by atoms with Crippen LogP contribution in [-0.4, -0.2) is 108 Å². The molecule has 0 N–H and O–H groups in total. The first-order valence-corrected chi connectivity index (χ1v) is 18.9. The van der Waals surface area contributed by atoms with Gasteiger partial charge >= 0.3 is 0 Å². The standard InChI is InChI=1S/C39H69NO10/c1-33(2)14-9-7-8-10-15-36(42)30-48-27-25-46-22-12-17-38(44)32-50-29-26-47-23-13-18-37(43)31-49-28-24-45-21-11-16-35(41)19-20-39(5,40-6)34(3)4/h33-34H,7-32H2,1-5H3. The van der Waals surface area contributed by atoms with Crippen LogP contribution >= 0.6 is 0 Å². The largest absolute Gasteiger partial charge is 0.379 e. The zero-order valence-electron chi connectivity index (χ0n) is 32.1. The summed E-state index contributed by atoms with van der Waals surface area (Å²) in [6, 6.07) is 0. The van der Waals surface area contributed by atoms with E-state index in [2.05, 4.69) is 18.7 Å². The van der Waals surface area contributed by atoms with Crippen molar-refractivity contribution in [2.24, 2.45) is 11.8 Å². The maximum Gasteiger partial charge on any atom is 0.232 e. The fraction of sp³-hybridized carbons (Fsp3) is 0.872. The molecule has 0 heterocycles. The van der Waals surface area contributed by atoms with Crippen LogP contribution in [0.15, 0.2) is 0 Å². The van der Waals surface area contributed by atoms with E-state index in [1.807, 2.05) is 20.8 Å². The van der Waals surface area contributed by atoms with Crippen LogP contribution in [0.3, 0.4) is 0 Å². The van der Waals surface area contributed by atoms with Crippen molar-refractivity contribution >= 4 is 23.1 Å². The molecule has 11 heteroatoms. The van der Waals surface area contributed by atoms with Crippen LogP contribution in [0.2, 0.25) is 0 Å². The molecule has 0 radical (unpaired) electrons. The van der Waals surface area contributed by atoms with E-state index in [9.17, 15) is 19.2 Å². The van der Waals surface area contributed by atoms with Gasteiger partial charge in [0.1, 0.15) is 25.6 Å². The number of unbranched alkanes of at least 4 members (excludes halogenated alkanes) is 3. The van der Waals surface area contributed by atoms with E-state index in [-0.39, 0.29) is 48.9 Å². The molecular formula is C39H69NO10. The molecule has 0 rings (SSSR count). The lowest BCUT2D eigenvalue weighted by Crippen LogP contribution is -2.28. The molecule has 0 aromatic carbocycles. The Kier molecular flexibility index (Phi) is 31.5. The second-order valence-corrected chi connectivity index (χ2v) is 13.9. The van der Waals surface area contributed by atoms with Crippen LogP contribution in [0.25, 0.3) is 4.85 Å². The molecule has 0 aliphatic carbocycles. The highest BCUT2D eigenvalue weighted by Crippen LogP contribution is 2.27. The van der Waals surface area contributed by atoms with E-state index < -0.39 is 5.54 Å². The van der Waals surface area contributed by atoms with Crippen molar-refractivity contribution in [1.29, 1.82) is 0 Å². The summed E-state index contributed by atoms with van der Waals surface area (Å²) in [4.78, 5) is 51.6. The minimum atomic E-state index is -0.488. The molecule has 11 nitrogen and oxygen atoms in total. The van der Waals surface area contributed by atoms with Crippen molar-refractivity contribution < 1.29 is 47.6 Å². The molecule has 290 valence electrons. The van der Waals surface area contributed by atoms with Crippen LogP contribution in [0.5, 0.6) is 0 Å².